The summed E-state index contributed by atoms with van der Waals surface area (Å²) in [5.41, 5.74) is 5.89. The highest BCUT2D eigenvalue weighted by atomic mass is 35.5. The van der Waals surface area contributed by atoms with E-state index in [-0.39, 0.29) is 15.6 Å². The van der Waals surface area contributed by atoms with Crippen molar-refractivity contribution in [1.29, 1.82) is 0 Å². The summed E-state index contributed by atoms with van der Waals surface area (Å²) >= 11 is 5.93. The Balaban J connectivity index is 2.48. The Bertz CT molecular complexity index is 534. The van der Waals surface area contributed by atoms with E-state index in [1.165, 1.54) is 10.4 Å². The second-order valence-electron chi connectivity index (χ2n) is 3.78. The zero-order chi connectivity index (χ0) is 12.5. The minimum Gasteiger partial charge on any atom is -0.398 e. The second kappa shape index (κ2) is 4.68. The highest BCUT2D eigenvalue weighted by Crippen LogP contribution is 2.30. The van der Waals surface area contributed by atoms with Gasteiger partial charge in [-0.25, -0.2) is 8.42 Å². The van der Waals surface area contributed by atoms with E-state index < -0.39 is 10.0 Å². The second-order valence-corrected chi connectivity index (χ2v) is 6.06. The average Bonchev–Trinajstić information content (AvgIpc) is 2.29. The maximum atomic E-state index is 12.4. The molecule has 92 valence electrons. The number of halogens is 1. The highest BCUT2D eigenvalue weighted by Gasteiger charge is 2.28. The molecule has 0 unspecified atom stereocenters. The maximum Gasteiger partial charge on any atom is 0.246 e. The van der Waals surface area contributed by atoms with E-state index in [2.05, 4.69) is 0 Å². The van der Waals surface area contributed by atoms with Gasteiger partial charge in [-0.3, -0.25) is 0 Å². The van der Waals surface area contributed by atoms with Gasteiger partial charge >= 0.3 is 0 Å². The molecule has 2 N–H and O–H groups in total. The van der Waals surface area contributed by atoms with Crippen LogP contribution in [-0.4, -0.2) is 25.8 Å². The van der Waals surface area contributed by atoms with E-state index in [0.717, 1.165) is 0 Å². The Hall–Kier alpha value is -1.04. The molecule has 0 spiro atoms. The van der Waals surface area contributed by atoms with Crippen LogP contribution in [0.25, 0.3) is 0 Å². The number of rotatable bonds is 2. The van der Waals surface area contributed by atoms with Crippen LogP contribution in [0.5, 0.6) is 0 Å². The van der Waals surface area contributed by atoms with Gasteiger partial charge in [0.05, 0.1) is 10.7 Å². The lowest BCUT2D eigenvalue weighted by Crippen LogP contribution is -2.34. The Kier molecular flexibility index (Phi) is 3.42. The molecule has 0 radical (unpaired) electrons. The summed E-state index contributed by atoms with van der Waals surface area (Å²) < 4.78 is 26.1. The number of nitrogens with two attached hydrogens (primary N) is 1. The summed E-state index contributed by atoms with van der Waals surface area (Å²) in [6.45, 7) is 0.830. The Morgan fingerprint density at radius 1 is 1.29 bits per heavy atom. The number of benzene rings is 1. The van der Waals surface area contributed by atoms with Gasteiger partial charge in [0.15, 0.2) is 0 Å². The van der Waals surface area contributed by atoms with Gasteiger partial charge in [0.2, 0.25) is 10.0 Å². The van der Waals surface area contributed by atoms with E-state index in [0.29, 0.717) is 19.5 Å². The number of nitrogen functional groups attached to an aromatic ring is 1. The van der Waals surface area contributed by atoms with Gasteiger partial charge in [0.25, 0.3) is 0 Å². The van der Waals surface area contributed by atoms with Crippen LogP contribution in [0.4, 0.5) is 5.69 Å². The van der Waals surface area contributed by atoms with E-state index in [4.69, 9.17) is 17.3 Å². The minimum atomic E-state index is -3.60. The number of sulfonamides is 1. The summed E-state index contributed by atoms with van der Waals surface area (Å²) in [7, 11) is -3.60. The van der Waals surface area contributed by atoms with Crippen molar-refractivity contribution >= 4 is 27.3 Å². The van der Waals surface area contributed by atoms with Gasteiger partial charge < -0.3 is 5.73 Å². The monoisotopic (exact) mass is 272 g/mol. The normalized spacial score (nSPS) is 17.2. The van der Waals surface area contributed by atoms with Crippen LogP contribution in [0.2, 0.25) is 5.02 Å². The fraction of sp³-hybridized carbons (Fsp3) is 0.273. The SMILES string of the molecule is Nc1cccc(Cl)c1S(=O)(=O)N1CC=CCC1. The smallest absolute Gasteiger partial charge is 0.246 e. The van der Waals surface area contributed by atoms with Gasteiger partial charge in [0.1, 0.15) is 4.90 Å². The lowest BCUT2D eigenvalue weighted by Gasteiger charge is -2.23. The molecule has 2 rings (SSSR count). The lowest BCUT2D eigenvalue weighted by molar-refractivity contribution is 0.438. The van der Waals surface area contributed by atoms with Crippen LogP contribution in [-0.2, 0) is 10.0 Å². The molecule has 0 saturated carbocycles. The fourth-order valence-corrected chi connectivity index (χ4v) is 3.81. The van der Waals surface area contributed by atoms with Crippen molar-refractivity contribution in [2.75, 3.05) is 18.8 Å². The molecule has 1 aromatic carbocycles. The van der Waals surface area contributed by atoms with Crippen molar-refractivity contribution in [2.45, 2.75) is 11.3 Å². The quantitative estimate of drug-likeness (QED) is 0.660. The molecule has 1 heterocycles. The first-order valence-corrected chi connectivity index (χ1v) is 7.04. The van der Waals surface area contributed by atoms with Crippen molar-refractivity contribution in [3.05, 3.63) is 35.4 Å². The van der Waals surface area contributed by atoms with Crippen molar-refractivity contribution in [1.82, 2.24) is 4.31 Å². The van der Waals surface area contributed by atoms with Crippen LogP contribution in [0.3, 0.4) is 0 Å². The molecule has 0 amide bonds. The van der Waals surface area contributed by atoms with Crippen molar-refractivity contribution in [3.8, 4) is 0 Å². The van der Waals surface area contributed by atoms with E-state index in [1.54, 1.807) is 12.1 Å². The van der Waals surface area contributed by atoms with Crippen molar-refractivity contribution in [3.63, 3.8) is 0 Å². The zero-order valence-corrected chi connectivity index (χ0v) is 10.7. The summed E-state index contributed by atoms with van der Waals surface area (Å²) in [6, 6.07) is 4.70. The fourth-order valence-electron chi connectivity index (χ4n) is 1.76. The third-order valence-electron chi connectivity index (χ3n) is 2.62. The lowest BCUT2D eigenvalue weighted by atomic mass is 10.3. The molecule has 17 heavy (non-hydrogen) atoms. The standard InChI is InChI=1S/C11H13ClN2O2S/c12-9-5-4-6-10(13)11(9)17(15,16)14-7-2-1-3-8-14/h1-2,4-6H,3,7-8,13H2. The molecule has 1 aliphatic rings. The summed E-state index contributed by atoms with van der Waals surface area (Å²) in [6.07, 6.45) is 4.50. The molecule has 0 bridgehead atoms. The van der Waals surface area contributed by atoms with Gasteiger partial charge in [-0.05, 0) is 18.6 Å². The van der Waals surface area contributed by atoms with Crippen LogP contribution < -0.4 is 5.73 Å². The Morgan fingerprint density at radius 2 is 2.06 bits per heavy atom. The van der Waals surface area contributed by atoms with Crippen LogP contribution in [0.15, 0.2) is 35.2 Å². The van der Waals surface area contributed by atoms with Crippen molar-refractivity contribution < 1.29 is 8.42 Å². The molecule has 6 heteroatoms. The molecule has 0 aliphatic carbocycles. The zero-order valence-electron chi connectivity index (χ0n) is 9.14. The van der Waals surface area contributed by atoms with E-state index >= 15 is 0 Å². The van der Waals surface area contributed by atoms with Gasteiger partial charge in [-0.2, -0.15) is 4.31 Å². The largest absolute Gasteiger partial charge is 0.398 e. The number of nitrogens with zero attached hydrogens (tertiary/aromatic N) is 1. The van der Waals surface area contributed by atoms with Gasteiger partial charge in [-0.1, -0.05) is 29.8 Å². The third-order valence-corrected chi connectivity index (χ3v) is 5.03. The molecule has 1 aliphatic heterocycles. The highest BCUT2D eigenvalue weighted by molar-refractivity contribution is 7.89. The first kappa shape index (κ1) is 12.4. The summed E-state index contributed by atoms with van der Waals surface area (Å²) in [5, 5.41) is 0.166. The molecule has 0 atom stereocenters. The Morgan fingerprint density at radius 3 is 2.65 bits per heavy atom. The van der Waals surface area contributed by atoms with Crippen LogP contribution >= 0.6 is 11.6 Å². The number of hydrogen-bond acceptors (Lipinski definition) is 3. The molecular weight excluding hydrogens is 260 g/mol. The van der Waals surface area contributed by atoms with Crippen molar-refractivity contribution in [2.24, 2.45) is 0 Å². The van der Waals surface area contributed by atoms with Gasteiger partial charge in [0, 0.05) is 13.1 Å². The van der Waals surface area contributed by atoms with Crippen LogP contribution in [0, 0.1) is 0 Å². The number of hydrogen-bond donors (Lipinski definition) is 1. The molecular formula is C11H13ClN2O2S. The van der Waals surface area contributed by atoms with E-state index in [1.807, 2.05) is 12.2 Å². The van der Waals surface area contributed by atoms with E-state index in [9.17, 15) is 8.42 Å². The van der Waals surface area contributed by atoms with Crippen LogP contribution in [0.1, 0.15) is 6.42 Å². The summed E-state index contributed by atoms with van der Waals surface area (Å²) in [4.78, 5) is 0.0111. The third kappa shape index (κ3) is 2.31. The average molecular weight is 273 g/mol. The molecule has 0 fully saturated rings. The predicted octanol–water partition coefficient (Wildman–Crippen LogP) is 1.87. The molecule has 4 nitrogen and oxygen atoms in total. The van der Waals surface area contributed by atoms with Gasteiger partial charge in [-0.15, -0.1) is 0 Å². The topological polar surface area (TPSA) is 63.4 Å². The minimum absolute atomic E-state index is 0.0111. The Labute approximate surface area is 106 Å². The predicted molar refractivity (Wildman–Crippen MR) is 68.4 cm³/mol. The molecule has 0 saturated heterocycles. The number of anilines is 1. The first-order chi connectivity index (χ1) is 8.03. The maximum absolute atomic E-state index is 12.4. The first-order valence-electron chi connectivity index (χ1n) is 5.22. The molecule has 0 aromatic heterocycles. The molecule has 1 aromatic rings. The summed E-state index contributed by atoms with van der Waals surface area (Å²) in [5.74, 6) is 0.